The number of carbonyl (C=O) groups is 1. The number of halogens is 1. The molecule has 0 spiro atoms. The third-order valence-corrected chi connectivity index (χ3v) is 3.16. The van der Waals surface area contributed by atoms with E-state index in [1.165, 1.54) is 32.1 Å². The average molecular weight is 275 g/mol. The molecule has 15 heavy (non-hydrogen) atoms. The largest absolute Gasteiger partial charge is 0.459 e. The molecule has 3 heteroatoms. The van der Waals surface area contributed by atoms with Crippen LogP contribution in [0.1, 0.15) is 46.0 Å². The number of rotatable bonds is 3. The highest BCUT2D eigenvalue weighted by molar-refractivity contribution is 9.12. The molecule has 0 aromatic carbocycles. The van der Waals surface area contributed by atoms with E-state index in [0.29, 0.717) is 10.4 Å². The summed E-state index contributed by atoms with van der Waals surface area (Å²) in [7, 11) is 0. The van der Waals surface area contributed by atoms with Crippen molar-refractivity contribution in [2.45, 2.75) is 52.1 Å². The second kappa shape index (κ2) is 6.31. The zero-order chi connectivity index (χ0) is 11.3. The number of ether oxygens (including phenoxy) is 1. The minimum Gasteiger partial charge on any atom is -0.459 e. The average Bonchev–Trinajstić information content (AvgIpc) is 2.18. The number of carbonyl (C=O) groups excluding carboxylic acids is 1. The predicted octanol–water partition coefficient (Wildman–Crippen LogP) is 3.80. The molecule has 0 radical (unpaired) electrons. The van der Waals surface area contributed by atoms with Crippen molar-refractivity contribution in [3.63, 3.8) is 0 Å². The maximum absolute atomic E-state index is 11.5. The summed E-state index contributed by atoms with van der Waals surface area (Å²) in [5.41, 5.74) is 0. The zero-order valence-electron chi connectivity index (χ0n) is 9.46. The summed E-state index contributed by atoms with van der Waals surface area (Å²) in [5.74, 6) is 0.309. The summed E-state index contributed by atoms with van der Waals surface area (Å²) in [6.07, 6.45) is 8.25. The number of esters is 1. The van der Waals surface area contributed by atoms with Gasteiger partial charge in [0.25, 0.3) is 0 Å². The van der Waals surface area contributed by atoms with E-state index >= 15 is 0 Å². The van der Waals surface area contributed by atoms with E-state index in [0.717, 1.165) is 0 Å². The van der Waals surface area contributed by atoms with E-state index in [-0.39, 0.29) is 12.1 Å². The molecule has 86 valence electrons. The van der Waals surface area contributed by atoms with Crippen molar-refractivity contribution in [2.75, 3.05) is 0 Å². The van der Waals surface area contributed by atoms with Gasteiger partial charge in [0.2, 0.25) is 0 Å². The standard InChI is InChI=1S/C12H19BrO2/c1-9(2)15-12(14)11(13)8-10-6-4-3-5-7-10/h8-10H,3-7H2,1-2H3/b11-8-. The first-order chi connectivity index (χ1) is 7.09. The van der Waals surface area contributed by atoms with Crippen LogP contribution < -0.4 is 0 Å². The lowest BCUT2D eigenvalue weighted by Gasteiger charge is -2.18. The molecule has 0 saturated heterocycles. The minimum absolute atomic E-state index is 0.0511. The van der Waals surface area contributed by atoms with Gasteiger partial charge in [-0.1, -0.05) is 25.3 Å². The summed E-state index contributed by atoms with van der Waals surface area (Å²) in [6.45, 7) is 3.72. The van der Waals surface area contributed by atoms with Crippen molar-refractivity contribution >= 4 is 21.9 Å². The van der Waals surface area contributed by atoms with Crippen LogP contribution in [0.3, 0.4) is 0 Å². The molecule has 0 aromatic rings. The smallest absolute Gasteiger partial charge is 0.345 e. The van der Waals surface area contributed by atoms with Crippen LogP contribution in [0, 0.1) is 5.92 Å². The van der Waals surface area contributed by atoms with Crippen LogP contribution in [0.4, 0.5) is 0 Å². The summed E-state index contributed by atoms with van der Waals surface area (Å²) < 4.78 is 5.69. The number of hydrogen-bond donors (Lipinski definition) is 0. The van der Waals surface area contributed by atoms with Crippen molar-refractivity contribution in [3.05, 3.63) is 10.6 Å². The van der Waals surface area contributed by atoms with Gasteiger partial charge in [-0.3, -0.25) is 0 Å². The van der Waals surface area contributed by atoms with Crippen LogP contribution >= 0.6 is 15.9 Å². The van der Waals surface area contributed by atoms with Gasteiger partial charge >= 0.3 is 5.97 Å². The summed E-state index contributed by atoms with van der Waals surface area (Å²) >= 11 is 3.29. The van der Waals surface area contributed by atoms with Crippen LogP contribution in [-0.2, 0) is 9.53 Å². The monoisotopic (exact) mass is 274 g/mol. The Morgan fingerprint density at radius 3 is 2.47 bits per heavy atom. The van der Waals surface area contributed by atoms with Crippen LogP contribution in [0.2, 0.25) is 0 Å². The normalized spacial score (nSPS) is 19.3. The Balaban J connectivity index is 2.46. The van der Waals surface area contributed by atoms with Gasteiger partial charge in [-0.15, -0.1) is 0 Å². The molecule has 1 rings (SSSR count). The fourth-order valence-corrected chi connectivity index (χ4v) is 2.31. The van der Waals surface area contributed by atoms with Crippen LogP contribution in [0.5, 0.6) is 0 Å². The first-order valence-electron chi connectivity index (χ1n) is 5.68. The van der Waals surface area contributed by atoms with E-state index in [1.807, 2.05) is 19.9 Å². The first kappa shape index (κ1) is 12.8. The third-order valence-electron chi connectivity index (χ3n) is 2.57. The number of allylic oxidation sites excluding steroid dienone is 1. The van der Waals surface area contributed by atoms with Crippen molar-refractivity contribution < 1.29 is 9.53 Å². The van der Waals surface area contributed by atoms with Crippen molar-refractivity contribution in [2.24, 2.45) is 5.92 Å². The van der Waals surface area contributed by atoms with Gasteiger partial charge in [0, 0.05) is 0 Å². The molecule has 2 nitrogen and oxygen atoms in total. The van der Waals surface area contributed by atoms with E-state index in [1.54, 1.807) is 0 Å². The molecule has 1 saturated carbocycles. The fourth-order valence-electron chi connectivity index (χ4n) is 1.85. The fraction of sp³-hybridized carbons (Fsp3) is 0.750. The predicted molar refractivity (Wildman–Crippen MR) is 64.8 cm³/mol. The summed E-state index contributed by atoms with van der Waals surface area (Å²) in [5, 5.41) is 0. The van der Waals surface area contributed by atoms with Crippen LogP contribution in [0.25, 0.3) is 0 Å². The Morgan fingerprint density at radius 1 is 1.33 bits per heavy atom. The Labute approximate surface area is 100 Å². The molecule has 0 heterocycles. The highest BCUT2D eigenvalue weighted by atomic mass is 79.9. The molecule has 0 atom stereocenters. The Kier molecular flexibility index (Phi) is 5.37. The summed E-state index contributed by atoms with van der Waals surface area (Å²) in [6, 6.07) is 0. The molecule has 0 amide bonds. The second-order valence-electron chi connectivity index (χ2n) is 4.37. The SMILES string of the molecule is CC(C)OC(=O)/C(Br)=C/C1CCCCC1. The van der Waals surface area contributed by atoms with Crippen molar-refractivity contribution in [1.82, 2.24) is 0 Å². The van der Waals surface area contributed by atoms with Gasteiger partial charge in [-0.05, 0) is 48.5 Å². The maximum atomic E-state index is 11.5. The molecule has 0 bridgehead atoms. The quantitative estimate of drug-likeness (QED) is 0.578. The molecule has 1 aliphatic rings. The van der Waals surface area contributed by atoms with E-state index < -0.39 is 0 Å². The molecule has 0 unspecified atom stereocenters. The Hall–Kier alpha value is -0.310. The minimum atomic E-state index is -0.240. The van der Waals surface area contributed by atoms with Crippen LogP contribution in [-0.4, -0.2) is 12.1 Å². The lowest BCUT2D eigenvalue weighted by Crippen LogP contribution is -2.12. The molecule has 0 aliphatic heterocycles. The Morgan fingerprint density at radius 2 is 1.93 bits per heavy atom. The highest BCUT2D eigenvalue weighted by Gasteiger charge is 2.15. The highest BCUT2D eigenvalue weighted by Crippen LogP contribution is 2.27. The van der Waals surface area contributed by atoms with Crippen LogP contribution in [0.15, 0.2) is 10.6 Å². The van der Waals surface area contributed by atoms with Crippen molar-refractivity contribution in [3.8, 4) is 0 Å². The Bertz CT molecular complexity index is 240. The lowest BCUT2D eigenvalue weighted by atomic mass is 9.89. The van der Waals surface area contributed by atoms with E-state index in [9.17, 15) is 4.79 Å². The maximum Gasteiger partial charge on any atom is 0.345 e. The second-order valence-corrected chi connectivity index (χ2v) is 5.22. The third kappa shape index (κ3) is 4.83. The molecular weight excluding hydrogens is 256 g/mol. The molecule has 0 N–H and O–H groups in total. The topological polar surface area (TPSA) is 26.3 Å². The molecular formula is C12H19BrO2. The van der Waals surface area contributed by atoms with Gasteiger partial charge in [0.1, 0.15) is 0 Å². The van der Waals surface area contributed by atoms with Gasteiger partial charge in [0.15, 0.2) is 0 Å². The lowest BCUT2D eigenvalue weighted by molar-refractivity contribution is -0.141. The van der Waals surface area contributed by atoms with Gasteiger partial charge in [0.05, 0.1) is 10.6 Å². The van der Waals surface area contributed by atoms with E-state index in [2.05, 4.69) is 15.9 Å². The van der Waals surface area contributed by atoms with E-state index in [4.69, 9.17) is 4.74 Å². The van der Waals surface area contributed by atoms with Gasteiger partial charge in [-0.2, -0.15) is 0 Å². The number of hydrogen-bond acceptors (Lipinski definition) is 2. The summed E-state index contributed by atoms with van der Waals surface area (Å²) in [4.78, 5) is 11.5. The van der Waals surface area contributed by atoms with Gasteiger partial charge < -0.3 is 4.74 Å². The molecule has 0 aromatic heterocycles. The molecule has 1 fully saturated rings. The molecule has 1 aliphatic carbocycles. The van der Waals surface area contributed by atoms with Gasteiger partial charge in [-0.25, -0.2) is 4.79 Å². The van der Waals surface area contributed by atoms with Crippen molar-refractivity contribution in [1.29, 1.82) is 0 Å². The first-order valence-corrected chi connectivity index (χ1v) is 6.47. The zero-order valence-corrected chi connectivity index (χ0v) is 11.0.